The SMILES string of the molecule is Cc1ccnc(C(=O)O)c1OC1CC1. The number of ether oxygens (including phenoxy) is 1. The molecule has 0 spiro atoms. The minimum atomic E-state index is -1.04. The van der Waals surface area contributed by atoms with Gasteiger partial charge in [0.25, 0.3) is 0 Å². The van der Waals surface area contributed by atoms with Crippen LogP contribution in [0.25, 0.3) is 0 Å². The number of nitrogens with zero attached hydrogens (tertiary/aromatic N) is 1. The predicted octanol–water partition coefficient (Wildman–Crippen LogP) is 1.63. The average molecular weight is 193 g/mol. The summed E-state index contributed by atoms with van der Waals surface area (Å²) in [5.74, 6) is -0.619. The zero-order chi connectivity index (χ0) is 10.1. The third kappa shape index (κ3) is 1.69. The normalized spacial score (nSPS) is 15.2. The Morgan fingerprint density at radius 3 is 2.93 bits per heavy atom. The van der Waals surface area contributed by atoms with Gasteiger partial charge in [-0.2, -0.15) is 0 Å². The van der Waals surface area contributed by atoms with Gasteiger partial charge < -0.3 is 9.84 Å². The summed E-state index contributed by atoms with van der Waals surface area (Å²) in [5, 5.41) is 8.88. The van der Waals surface area contributed by atoms with E-state index in [1.807, 2.05) is 6.92 Å². The third-order valence-corrected chi connectivity index (χ3v) is 2.11. The fourth-order valence-corrected chi connectivity index (χ4v) is 1.20. The number of pyridine rings is 1. The van der Waals surface area contributed by atoms with E-state index in [4.69, 9.17) is 9.84 Å². The fourth-order valence-electron chi connectivity index (χ4n) is 1.20. The highest BCUT2D eigenvalue weighted by atomic mass is 16.5. The lowest BCUT2D eigenvalue weighted by atomic mass is 10.2. The van der Waals surface area contributed by atoms with Crippen molar-refractivity contribution in [2.45, 2.75) is 25.9 Å². The molecular formula is C10H11NO3. The second-order valence-electron chi connectivity index (χ2n) is 3.43. The molecule has 0 atom stereocenters. The molecule has 1 fully saturated rings. The van der Waals surface area contributed by atoms with Crippen molar-refractivity contribution in [3.8, 4) is 5.75 Å². The van der Waals surface area contributed by atoms with Crippen LogP contribution >= 0.6 is 0 Å². The average Bonchev–Trinajstić information content (AvgIpc) is 2.91. The summed E-state index contributed by atoms with van der Waals surface area (Å²) in [5.41, 5.74) is 0.834. The molecule has 0 bridgehead atoms. The van der Waals surface area contributed by atoms with Crippen LogP contribution in [0.2, 0.25) is 0 Å². The minimum Gasteiger partial charge on any atom is -0.488 e. The molecule has 1 aromatic rings. The highest BCUT2D eigenvalue weighted by molar-refractivity contribution is 5.89. The summed E-state index contributed by atoms with van der Waals surface area (Å²) in [6.07, 6.45) is 3.69. The Morgan fingerprint density at radius 2 is 2.36 bits per heavy atom. The van der Waals surface area contributed by atoms with Crippen molar-refractivity contribution >= 4 is 5.97 Å². The molecule has 0 saturated heterocycles. The molecule has 2 rings (SSSR count). The molecule has 0 amide bonds. The molecule has 1 N–H and O–H groups in total. The van der Waals surface area contributed by atoms with Crippen molar-refractivity contribution < 1.29 is 14.6 Å². The summed E-state index contributed by atoms with van der Waals surface area (Å²) in [4.78, 5) is 14.6. The number of aromatic nitrogens is 1. The van der Waals surface area contributed by atoms with Gasteiger partial charge in [0.2, 0.25) is 0 Å². The van der Waals surface area contributed by atoms with Crippen LogP contribution in [0.5, 0.6) is 5.75 Å². The predicted molar refractivity (Wildman–Crippen MR) is 49.6 cm³/mol. The number of hydrogen-bond donors (Lipinski definition) is 1. The molecule has 0 aromatic carbocycles. The van der Waals surface area contributed by atoms with Gasteiger partial charge in [0.05, 0.1) is 6.10 Å². The Bertz CT molecular complexity index is 372. The minimum absolute atomic E-state index is 0.0110. The highest BCUT2D eigenvalue weighted by Crippen LogP contribution is 2.30. The van der Waals surface area contributed by atoms with E-state index in [9.17, 15) is 4.79 Å². The first-order chi connectivity index (χ1) is 6.68. The van der Waals surface area contributed by atoms with Gasteiger partial charge in [0.15, 0.2) is 11.4 Å². The lowest BCUT2D eigenvalue weighted by molar-refractivity contribution is 0.0684. The summed E-state index contributed by atoms with van der Waals surface area (Å²) in [7, 11) is 0. The summed E-state index contributed by atoms with van der Waals surface area (Å²) in [6.45, 7) is 1.83. The van der Waals surface area contributed by atoms with Crippen LogP contribution in [0.4, 0.5) is 0 Å². The van der Waals surface area contributed by atoms with Gasteiger partial charge in [-0.15, -0.1) is 0 Å². The van der Waals surface area contributed by atoms with Crippen LogP contribution in [0.15, 0.2) is 12.3 Å². The largest absolute Gasteiger partial charge is 0.488 e. The third-order valence-electron chi connectivity index (χ3n) is 2.11. The number of hydrogen-bond acceptors (Lipinski definition) is 3. The monoisotopic (exact) mass is 193 g/mol. The highest BCUT2D eigenvalue weighted by Gasteiger charge is 2.27. The molecule has 1 aliphatic rings. The van der Waals surface area contributed by atoms with E-state index in [2.05, 4.69) is 4.98 Å². The second kappa shape index (κ2) is 3.29. The van der Waals surface area contributed by atoms with Gasteiger partial charge in [-0.05, 0) is 31.4 Å². The zero-order valence-corrected chi connectivity index (χ0v) is 7.86. The molecule has 0 unspecified atom stereocenters. The maximum absolute atomic E-state index is 10.8. The lowest BCUT2D eigenvalue weighted by Gasteiger charge is -2.09. The number of aryl methyl sites for hydroxylation is 1. The van der Waals surface area contributed by atoms with Crippen LogP contribution < -0.4 is 4.74 Å². The van der Waals surface area contributed by atoms with Crippen molar-refractivity contribution in [1.29, 1.82) is 0 Å². The Balaban J connectivity index is 2.36. The van der Waals surface area contributed by atoms with Crippen LogP contribution in [0.3, 0.4) is 0 Å². The number of aromatic carboxylic acids is 1. The maximum Gasteiger partial charge on any atom is 0.358 e. The molecule has 1 aliphatic carbocycles. The molecule has 14 heavy (non-hydrogen) atoms. The van der Waals surface area contributed by atoms with Gasteiger partial charge in [0, 0.05) is 6.20 Å². The molecule has 1 aromatic heterocycles. The molecule has 0 radical (unpaired) electrons. The standard InChI is InChI=1S/C10H11NO3/c1-6-4-5-11-8(10(12)13)9(6)14-7-2-3-7/h4-5,7H,2-3H2,1H3,(H,12,13). The van der Waals surface area contributed by atoms with Gasteiger partial charge in [-0.1, -0.05) is 0 Å². The van der Waals surface area contributed by atoms with Gasteiger partial charge in [-0.3, -0.25) is 0 Å². The number of rotatable bonds is 3. The summed E-state index contributed by atoms with van der Waals surface area (Å²) < 4.78 is 5.51. The van der Waals surface area contributed by atoms with Crippen LogP contribution in [0.1, 0.15) is 28.9 Å². The first-order valence-corrected chi connectivity index (χ1v) is 4.54. The van der Waals surface area contributed by atoms with E-state index < -0.39 is 5.97 Å². The lowest BCUT2D eigenvalue weighted by Crippen LogP contribution is -2.08. The Hall–Kier alpha value is -1.58. The molecule has 74 valence electrons. The topological polar surface area (TPSA) is 59.4 Å². The quantitative estimate of drug-likeness (QED) is 0.792. The maximum atomic E-state index is 10.8. The first-order valence-electron chi connectivity index (χ1n) is 4.54. The molecule has 4 nitrogen and oxygen atoms in total. The summed E-state index contributed by atoms with van der Waals surface area (Å²) >= 11 is 0. The number of carbonyl (C=O) groups is 1. The molecule has 4 heteroatoms. The van der Waals surface area contributed by atoms with Crippen molar-refractivity contribution in [2.75, 3.05) is 0 Å². The first kappa shape index (κ1) is 8.99. The molecule has 1 saturated carbocycles. The number of carboxylic acid groups (broad SMARTS) is 1. The van der Waals surface area contributed by atoms with E-state index in [0.29, 0.717) is 5.75 Å². The Kier molecular flexibility index (Phi) is 2.11. The zero-order valence-electron chi connectivity index (χ0n) is 7.86. The fraction of sp³-hybridized carbons (Fsp3) is 0.400. The van der Waals surface area contributed by atoms with E-state index in [0.717, 1.165) is 18.4 Å². The number of carboxylic acids is 1. The van der Waals surface area contributed by atoms with E-state index in [1.54, 1.807) is 6.07 Å². The van der Waals surface area contributed by atoms with E-state index in [1.165, 1.54) is 6.20 Å². The van der Waals surface area contributed by atoms with Crippen molar-refractivity contribution in [2.24, 2.45) is 0 Å². The second-order valence-corrected chi connectivity index (χ2v) is 3.43. The summed E-state index contributed by atoms with van der Waals surface area (Å²) in [6, 6.07) is 1.75. The molecular weight excluding hydrogens is 182 g/mol. The smallest absolute Gasteiger partial charge is 0.358 e. The van der Waals surface area contributed by atoms with Crippen molar-refractivity contribution in [1.82, 2.24) is 4.98 Å². The van der Waals surface area contributed by atoms with E-state index in [-0.39, 0.29) is 11.8 Å². The Morgan fingerprint density at radius 1 is 1.64 bits per heavy atom. The molecule has 1 heterocycles. The van der Waals surface area contributed by atoms with Crippen molar-refractivity contribution in [3.63, 3.8) is 0 Å². The van der Waals surface area contributed by atoms with Crippen molar-refractivity contribution in [3.05, 3.63) is 23.5 Å². The van der Waals surface area contributed by atoms with Gasteiger partial charge in [0.1, 0.15) is 0 Å². The Labute approximate surface area is 81.5 Å². The van der Waals surface area contributed by atoms with E-state index >= 15 is 0 Å². The van der Waals surface area contributed by atoms with Gasteiger partial charge >= 0.3 is 5.97 Å². The van der Waals surface area contributed by atoms with Gasteiger partial charge in [-0.25, -0.2) is 9.78 Å². The van der Waals surface area contributed by atoms with Crippen LogP contribution in [-0.2, 0) is 0 Å². The van der Waals surface area contributed by atoms with Crippen LogP contribution in [-0.4, -0.2) is 22.2 Å². The molecule has 0 aliphatic heterocycles. The van der Waals surface area contributed by atoms with Crippen LogP contribution in [0, 0.1) is 6.92 Å².